The normalized spacial score (nSPS) is 16.5. The maximum Gasteiger partial charge on any atom is 0.258 e. The van der Waals surface area contributed by atoms with Crippen molar-refractivity contribution in [3.8, 4) is 11.4 Å². The number of rotatable bonds is 6. The van der Waals surface area contributed by atoms with E-state index in [0.29, 0.717) is 23.4 Å². The number of hydrogen-bond acceptors (Lipinski definition) is 5. The fraction of sp³-hybridized carbons (Fsp3) is 0.174. The molecule has 1 aliphatic heterocycles. The molecular weight excluding hydrogens is 412 g/mol. The van der Waals surface area contributed by atoms with Gasteiger partial charge in [-0.3, -0.25) is 0 Å². The van der Waals surface area contributed by atoms with Gasteiger partial charge in [0.05, 0.1) is 11.6 Å². The summed E-state index contributed by atoms with van der Waals surface area (Å²) in [5.41, 5.74) is 3.88. The number of thiocarbonyl (C=S) groups is 1. The molecule has 30 heavy (non-hydrogen) atoms. The highest BCUT2D eigenvalue weighted by molar-refractivity contribution is 7.98. The first kappa shape index (κ1) is 20.4. The molecule has 1 aliphatic rings. The van der Waals surface area contributed by atoms with Gasteiger partial charge in [-0.2, -0.15) is 4.98 Å². The second-order valence-electron chi connectivity index (χ2n) is 6.84. The Bertz CT molecular complexity index is 1090. The van der Waals surface area contributed by atoms with Crippen LogP contribution in [-0.4, -0.2) is 33.0 Å². The molecule has 1 atom stereocenters. The quantitative estimate of drug-likeness (QED) is 0.321. The van der Waals surface area contributed by atoms with Crippen molar-refractivity contribution in [2.24, 2.45) is 0 Å². The Hall–Kier alpha value is -2.90. The van der Waals surface area contributed by atoms with Crippen LogP contribution in [0.25, 0.3) is 17.0 Å². The van der Waals surface area contributed by atoms with Crippen molar-refractivity contribution in [3.63, 3.8) is 0 Å². The van der Waals surface area contributed by atoms with E-state index < -0.39 is 0 Å². The molecule has 3 aromatic rings. The van der Waals surface area contributed by atoms with Gasteiger partial charge in [0.25, 0.3) is 5.89 Å². The zero-order chi connectivity index (χ0) is 21.1. The van der Waals surface area contributed by atoms with Crippen molar-refractivity contribution < 1.29 is 4.52 Å². The Morgan fingerprint density at radius 2 is 1.93 bits per heavy atom. The monoisotopic (exact) mass is 434 g/mol. The highest BCUT2D eigenvalue weighted by atomic mass is 32.2. The summed E-state index contributed by atoms with van der Waals surface area (Å²) < 4.78 is 5.73. The van der Waals surface area contributed by atoms with E-state index in [1.807, 2.05) is 48.2 Å². The molecule has 0 radical (unpaired) electrons. The van der Waals surface area contributed by atoms with Gasteiger partial charge in [0.15, 0.2) is 5.11 Å². The molecule has 0 bridgehead atoms. The third-order valence-corrected chi connectivity index (χ3v) is 6.13. The van der Waals surface area contributed by atoms with E-state index in [1.54, 1.807) is 11.8 Å². The maximum absolute atomic E-state index is 5.73. The minimum Gasteiger partial charge on any atom is -0.351 e. The van der Waals surface area contributed by atoms with Crippen LogP contribution in [0.4, 0.5) is 0 Å². The summed E-state index contributed by atoms with van der Waals surface area (Å²) in [5, 5.41) is 8.32. The topological polar surface area (TPSA) is 54.2 Å². The number of aromatic nitrogens is 2. The standard InChI is InChI=1S/C23H22N4OS2/c1-4-14-27-15(2)19(22-25-21(26-28-22)17-8-6-5-7-9-17)20(24-23(27)29)16-10-12-18(30-3)13-11-16/h4-13,20H,1,14H2,2-3H3,(H,24,29). The lowest BCUT2D eigenvalue weighted by Crippen LogP contribution is -2.45. The van der Waals surface area contributed by atoms with Crippen LogP contribution >= 0.6 is 24.0 Å². The Balaban J connectivity index is 1.81. The molecular formula is C23H22N4OS2. The summed E-state index contributed by atoms with van der Waals surface area (Å²) in [7, 11) is 0. The predicted octanol–water partition coefficient (Wildman–Crippen LogP) is 5.31. The van der Waals surface area contributed by atoms with Gasteiger partial charge in [-0.25, -0.2) is 0 Å². The fourth-order valence-corrected chi connectivity index (χ4v) is 4.23. The van der Waals surface area contributed by atoms with E-state index in [-0.39, 0.29) is 6.04 Å². The second kappa shape index (κ2) is 8.85. The van der Waals surface area contributed by atoms with Gasteiger partial charge >= 0.3 is 0 Å². The minimum atomic E-state index is -0.182. The molecule has 4 rings (SSSR count). The van der Waals surface area contributed by atoms with Crippen molar-refractivity contribution in [2.75, 3.05) is 12.8 Å². The summed E-state index contributed by atoms with van der Waals surface area (Å²) in [6, 6.07) is 18.1. The van der Waals surface area contributed by atoms with Crippen molar-refractivity contribution in [3.05, 3.63) is 84.4 Å². The molecule has 0 aliphatic carbocycles. The van der Waals surface area contributed by atoms with Gasteiger partial charge in [0.1, 0.15) is 0 Å². The van der Waals surface area contributed by atoms with Crippen LogP contribution in [0.3, 0.4) is 0 Å². The lowest BCUT2D eigenvalue weighted by molar-refractivity contribution is 0.399. The fourth-order valence-electron chi connectivity index (χ4n) is 3.49. The third kappa shape index (κ3) is 3.91. The zero-order valence-corrected chi connectivity index (χ0v) is 18.5. The number of hydrogen-bond donors (Lipinski definition) is 1. The smallest absolute Gasteiger partial charge is 0.258 e. The van der Waals surface area contributed by atoms with Gasteiger partial charge < -0.3 is 14.7 Å². The Morgan fingerprint density at radius 3 is 2.60 bits per heavy atom. The molecule has 2 heterocycles. The summed E-state index contributed by atoms with van der Waals surface area (Å²) in [5.74, 6) is 1.04. The average Bonchev–Trinajstić information content (AvgIpc) is 3.26. The highest BCUT2D eigenvalue weighted by Gasteiger charge is 2.33. The van der Waals surface area contributed by atoms with E-state index in [4.69, 9.17) is 21.7 Å². The largest absolute Gasteiger partial charge is 0.351 e. The molecule has 0 fully saturated rings. The van der Waals surface area contributed by atoms with Gasteiger partial charge in [-0.15, -0.1) is 18.3 Å². The molecule has 1 N–H and O–H groups in total. The Labute approximate surface area is 185 Å². The predicted molar refractivity (Wildman–Crippen MR) is 126 cm³/mol. The van der Waals surface area contributed by atoms with E-state index in [1.165, 1.54) is 4.90 Å². The van der Waals surface area contributed by atoms with Crippen molar-refractivity contribution >= 4 is 34.7 Å². The van der Waals surface area contributed by atoms with Crippen LogP contribution in [0, 0.1) is 0 Å². The van der Waals surface area contributed by atoms with E-state index in [9.17, 15) is 0 Å². The molecule has 1 unspecified atom stereocenters. The Kier molecular flexibility index (Phi) is 6.01. The van der Waals surface area contributed by atoms with Crippen LogP contribution < -0.4 is 5.32 Å². The van der Waals surface area contributed by atoms with Crippen LogP contribution in [0.15, 0.2) is 82.4 Å². The van der Waals surface area contributed by atoms with Gasteiger partial charge in [-0.1, -0.05) is 53.7 Å². The number of allylic oxidation sites excluding steroid dienone is 1. The molecule has 0 amide bonds. The molecule has 2 aromatic carbocycles. The first-order valence-electron chi connectivity index (χ1n) is 9.55. The number of benzene rings is 2. The average molecular weight is 435 g/mol. The summed E-state index contributed by atoms with van der Waals surface area (Å²) in [4.78, 5) is 7.91. The summed E-state index contributed by atoms with van der Waals surface area (Å²) in [6.45, 7) is 6.48. The van der Waals surface area contributed by atoms with Crippen LogP contribution in [0.2, 0.25) is 0 Å². The van der Waals surface area contributed by atoms with Crippen LogP contribution in [-0.2, 0) is 0 Å². The number of nitrogens with one attached hydrogen (secondary N) is 1. The molecule has 152 valence electrons. The number of thioether (sulfide) groups is 1. The molecule has 0 saturated heterocycles. The van der Waals surface area contributed by atoms with Crippen molar-refractivity contribution in [2.45, 2.75) is 17.9 Å². The summed E-state index contributed by atoms with van der Waals surface area (Å²) >= 11 is 7.35. The molecule has 0 spiro atoms. The minimum absolute atomic E-state index is 0.182. The first-order chi connectivity index (χ1) is 14.6. The number of nitrogens with zero attached hydrogens (tertiary/aromatic N) is 3. The summed E-state index contributed by atoms with van der Waals surface area (Å²) in [6.07, 6.45) is 3.89. The van der Waals surface area contributed by atoms with E-state index in [2.05, 4.69) is 47.6 Å². The van der Waals surface area contributed by atoms with Gasteiger partial charge in [0.2, 0.25) is 5.82 Å². The molecule has 5 nitrogen and oxygen atoms in total. The zero-order valence-electron chi connectivity index (χ0n) is 16.8. The highest BCUT2D eigenvalue weighted by Crippen LogP contribution is 2.37. The van der Waals surface area contributed by atoms with Gasteiger partial charge in [-0.05, 0) is 43.1 Å². The molecule has 7 heteroatoms. The maximum atomic E-state index is 5.73. The lowest BCUT2D eigenvalue weighted by Gasteiger charge is -2.36. The van der Waals surface area contributed by atoms with Crippen molar-refractivity contribution in [1.82, 2.24) is 20.4 Å². The second-order valence-corrected chi connectivity index (χ2v) is 8.11. The van der Waals surface area contributed by atoms with Crippen molar-refractivity contribution in [1.29, 1.82) is 0 Å². The van der Waals surface area contributed by atoms with Gasteiger partial charge in [0, 0.05) is 22.7 Å². The SMILES string of the molecule is C=CCN1C(=S)NC(c2ccc(SC)cc2)C(c2nc(-c3ccccc3)no2)=C1C. The third-order valence-electron chi connectivity index (χ3n) is 5.05. The van der Waals surface area contributed by atoms with Crippen LogP contribution in [0.1, 0.15) is 24.4 Å². The lowest BCUT2D eigenvalue weighted by atomic mass is 9.95. The van der Waals surface area contributed by atoms with Crippen LogP contribution in [0.5, 0.6) is 0 Å². The van der Waals surface area contributed by atoms with E-state index >= 15 is 0 Å². The first-order valence-corrected chi connectivity index (χ1v) is 11.2. The molecule has 1 aromatic heterocycles. The molecule has 0 saturated carbocycles. The Morgan fingerprint density at radius 1 is 1.20 bits per heavy atom. The van der Waals surface area contributed by atoms with E-state index in [0.717, 1.165) is 22.4 Å².